The van der Waals surface area contributed by atoms with Gasteiger partial charge in [0.15, 0.2) is 11.0 Å². The van der Waals surface area contributed by atoms with Gasteiger partial charge in [-0.25, -0.2) is 4.39 Å². The predicted octanol–water partition coefficient (Wildman–Crippen LogP) is 3.74. The Morgan fingerprint density at radius 2 is 1.91 bits per heavy atom. The van der Waals surface area contributed by atoms with Gasteiger partial charge in [-0.3, -0.25) is 9.59 Å². The molecule has 1 aliphatic rings. The summed E-state index contributed by atoms with van der Waals surface area (Å²) in [6, 6.07) is 12.6. The number of aromatic nitrogens is 3. The molecule has 0 radical (unpaired) electrons. The summed E-state index contributed by atoms with van der Waals surface area (Å²) in [5, 5.41) is 12.1. The van der Waals surface area contributed by atoms with E-state index in [0.29, 0.717) is 47.6 Å². The molecular formula is C24H26FN5O3S. The van der Waals surface area contributed by atoms with Crippen LogP contribution >= 0.6 is 11.8 Å². The van der Waals surface area contributed by atoms with Crippen molar-refractivity contribution in [2.75, 3.05) is 23.8 Å². The molecule has 2 aromatic carbocycles. The number of nitrogens with zero attached hydrogens (tertiary/aromatic N) is 4. The van der Waals surface area contributed by atoms with Crippen LogP contribution in [0.25, 0.3) is 0 Å². The lowest BCUT2D eigenvalue weighted by atomic mass is 10.1. The fourth-order valence-corrected chi connectivity index (χ4v) is 4.45. The standard InChI is InChI=1S/C24H26FN5O3S/c1-16(26-23(32)17-5-9-19(10-6-17)30-13-3-4-21(30)31)22-27-28-24(29(22)2)34-15-14-33-20-11-7-18(25)8-12-20/h5-12,16H,3-4,13-15H2,1-2H3,(H,26,32)/t16-/m1/s1. The summed E-state index contributed by atoms with van der Waals surface area (Å²) in [6.45, 7) is 3.00. The summed E-state index contributed by atoms with van der Waals surface area (Å²) in [5.74, 6) is 1.47. The number of hydrogen-bond acceptors (Lipinski definition) is 6. The van der Waals surface area contributed by atoms with E-state index in [1.54, 1.807) is 41.3 Å². The van der Waals surface area contributed by atoms with Crippen LogP contribution in [0.5, 0.6) is 5.75 Å². The van der Waals surface area contributed by atoms with Crippen molar-refractivity contribution < 1.29 is 18.7 Å². The van der Waals surface area contributed by atoms with Crippen LogP contribution in [0.15, 0.2) is 53.7 Å². The van der Waals surface area contributed by atoms with E-state index in [-0.39, 0.29) is 23.7 Å². The second-order valence-electron chi connectivity index (χ2n) is 7.94. The van der Waals surface area contributed by atoms with Gasteiger partial charge in [-0.2, -0.15) is 0 Å². The number of nitrogens with one attached hydrogen (secondary N) is 1. The van der Waals surface area contributed by atoms with Gasteiger partial charge in [-0.1, -0.05) is 11.8 Å². The van der Waals surface area contributed by atoms with Gasteiger partial charge in [0.1, 0.15) is 11.6 Å². The highest BCUT2D eigenvalue weighted by Crippen LogP contribution is 2.23. The van der Waals surface area contributed by atoms with Gasteiger partial charge in [0.05, 0.1) is 12.6 Å². The second kappa shape index (κ2) is 10.7. The van der Waals surface area contributed by atoms with E-state index in [4.69, 9.17) is 4.74 Å². The van der Waals surface area contributed by atoms with E-state index in [1.165, 1.54) is 23.9 Å². The van der Waals surface area contributed by atoms with Gasteiger partial charge >= 0.3 is 0 Å². The van der Waals surface area contributed by atoms with Gasteiger partial charge in [0.25, 0.3) is 5.91 Å². The molecule has 1 N–H and O–H groups in total. The number of thioether (sulfide) groups is 1. The first-order chi connectivity index (χ1) is 16.4. The minimum absolute atomic E-state index is 0.115. The van der Waals surface area contributed by atoms with Gasteiger partial charge in [-0.05, 0) is 61.9 Å². The zero-order valence-corrected chi connectivity index (χ0v) is 19.8. The maximum atomic E-state index is 13.0. The molecule has 1 saturated heterocycles. The number of halogens is 1. The average Bonchev–Trinajstić information content (AvgIpc) is 3.43. The Morgan fingerprint density at radius 3 is 2.59 bits per heavy atom. The Hall–Kier alpha value is -3.40. The van der Waals surface area contributed by atoms with E-state index in [9.17, 15) is 14.0 Å². The Morgan fingerprint density at radius 1 is 1.18 bits per heavy atom. The molecule has 0 saturated carbocycles. The van der Waals surface area contributed by atoms with Gasteiger partial charge in [-0.15, -0.1) is 10.2 Å². The summed E-state index contributed by atoms with van der Waals surface area (Å²) in [6.07, 6.45) is 1.43. The fraction of sp³-hybridized carbons (Fsp3) is 0.333. The first-order valence-corrected chi connectivity index (χ1v) is 12.0. The van der Waals surface area contributed by atoms with Crippen molar-refractivity contribution in [2.24, 2.45) is 7.05 Å². The van der Waals surface area contributed by atoms with Crippen LogP contribution < -0.4 is 15.0 Å². The number of anilines is 1. The molecule has 0 unspecified atom stereocenters. The minimum atomic E-state index is -0.352. The molecule has 3 aromatic rings. The van der Waals surface area contributed by atoms with Gasteiger partial charge < -0.3 is 19.5 Å². The zero-order chi connectivity index (χ0) is 24.1. The number of benzene rings is 2. The minimum Gasteiger partial charge on any atom is -0.493 e. The molecule has 2 amide bonds. The normalized spacial score (nSPS) is 14.3. The lowest BCUT2D eigenvalue weighted by Crippen LogP contribution is -2.28. The van der Waals surface area contributed by atoms with E-state index in [1.807, 2.05) is 18.5 Å². The van der Waals surface area contributed by atoms with Crippen LogP contribution in [0.3, 0.4) is 0 Å². The number of carbonyl (C=O) groups excluding carboxylic acids is 2. The van der Waals surface area contributed by atoms with E-state index < -0.39 is 0 Å². The zero-order valence-electron chi connectivity index (χ0n) is 19.0. The Bertz CT molecular complexity index is 1150. The highest BCUT2D eigenvalue weighted by Gasteiger charge is 2.22. The number of ether oxygens (including phenoxy) is 1. The molecular weight excluding hydrogens is 457 g/mol. The Balaban J connectivity index is 1.29. The third kappa shape index (κ3) is 5.56. The highest BCUT2D eigenvalue weighted by molar-refractivity contribution is 7.99. The number of rotatable bonds is 9. The lowest BCUT2D eigenvalue weighted by Gasteiger charge is -2.17. The molecule has 10 heteroatoms. The Kier molecular flexibility index (Phi) is 7.46. The van der Waals surface area contributed by atoms with Gasteiger partial charge in [0.2, 0.25) is 5.91 Å². The summed E-state index contributed by atoms with van der Waals surface area (Å²) in [4.78, 5) is 26.4. The maximum Gasteiger partial charge on any atom is 0.251 e. The monoisotopic (exact) mass is 483 g/mol. The van der Waals surface area contributed by atoms with Crippen molar-refractivity contribution in [3.05, 3.63) is 65.7 Å². The largest absolute Gasteiger partial charge is 0.493 e. The molecule has 0 aliphatic carbocycles. The average molecular weight is 484 g/mol. The number of carbonyl (C=O) groups is 2. The molecule has 8 nitrogen and oxygen atoms in total. The number of amides is 2. The number of hydrogen-bond donors (Lipinski definition) is 1. The van der Waals surface area contributed by atoms with E-state index in [0.717, 1.165) is 12.1 Å². The summed E-state index contributed by atoms with van der Waals surface area (Å²) < 4.78 is 20.4. The molecule has 1 aliphatic heterocycles. The second-order valence-corrected chi connectivity index (χ2v) is 9.00. The van der Waals surface area contributed by atoms with Gasteiger partial charge in [0, 0.05) is 37.0 Å². The summed E-state index contributed by atoms with van der Waals surface area (Å²) >= 11 is 1.48. The third-order valence-corrected chi connectivity index (χ3v) is 6.50. The molecule has 178 valence electrons. The molecule has 0 spiro atoms. The van der Waals surface area contributed by atoms with Crippen LogP contribution in [0.4, 0.5) is 10.1 Å². The molecule has 1 aromatic heterocycles. The highest BCUT2D eigenvalue weighted by atomic mass is 32.2. The molecule has 2 heterocycles. The van der Waals surface area contributed by atoms with Crippen LogP contribution in [-0.2, 0) is 11.8 Å². The van der Waals surface area contributed by atoms with Crippen LogP contribution in [-0.4, -0.2) is 45.5 Å². The van der Waals surface area contributed by atoms with Crippen molar-refractivity contribution in [2.45, 2.75) is 31.0 Å². The molecule has 34 heavy (non-hydrogen) atoms. The molecule has 4 rings (SSSR count). The van der Waals surface area contributed by atoms with Crippen LogP contribution in [0, 0.1) is 5.82 Å². The van der Waals surface area contributed by atoms with Crippen LogP contribution in [0.2, 0.25) is 0 Å². The SMILES string of the molecule is C[C@@H](NC(=O)c1ccc(N2CCCC2=O)cc1)c1nnc(SCCOc2ccc(F)cc2)n1C. The van der Waals surface area contributed by atoms with Crippen LogP contribution in [0.1, 0.15) is 42.0 Å². The van der Waals surface area contributed by atoms with Crippen molar-refractivity contribution in [1.29, 1.82) is 0 Å². The first kappa shape index (κ1) is 23.7. The topological polar surface area (TPSA) is 89.3 Å². The van der Waals surface area contributed by atoms with Crippen molar-refractivity contribution in [3.63, 3.8) is 0 Å². The van der Waals surface area contributed by atoms with Crippen molar-refractivity contribution in [1.82, 2.24) is 20.1 Å². The van der Waals surface area contributed by atoms with Crippen molar-refractivity contribution in [3.8, 4) is 5.75 Å². The van der Waals surface area contributed by atoms with Crippen molar-refractivity contribution >= 4 is 29.3 Å². The first-order valence-electron chi connectivity index (χ1n) is 11.0. The lowest BCUT2D eigenvalue weighted by molar-refractivity contribution is -0.117. The summed E-state index contributed by atoms with van der Waals surface area (Å²) in [7, 11) is 1.85. The Labute approximate surface area is 201 Å². The van der Waals surface area contributed by atoms with E-state index in [2.05, 4.69) is 15.5 Å². The quantitative estimate of drug-likeness (QED) is 0.368. The predicted molar refractivity (Wildman–Crippen MR) is 128 cm³/mol. The fourth-order valence-electron chi connectivity index (χ4n) is 3.71. The molecule has 1 atom stereocenters. The maximum absolute atomic E-state index is 13.0. The molecule has 0 bridgehead atoms. The molecule has 1 fully saturated rings. The smallest absolute Gasteiger partial charge is 0.251 e. The third-order valence-electron chi connectivity index (χ3n) is 5.51. The van der Waals surface area contributed by atoms with E-state index >= 15 is 0 Å². The summed E-state index contributed by atoms with van der Waals surface area (Å²) in [5.41, 5.74) is 1.32.